The van der Waals surface area contributed by atoms with Crippen molar-refractivity contribution >= 4 is 12.6 Å². The molecule has 2 rings (SSSR count). The predicted molar refractivity (Wildman–Crippen MR) is 88.8 cm³/mol. The maximum Gasteiger partial charge on any atom is 0.119 e. The Morgan fingerprint density at radius 3 is 2.20 bits per heavy atom. The van der Waals surface area contributed by atoms with Gasteiger partial charge in [-0.05, 0) is 41.9 Å². The second-order valence-corrected chi connectivity index (χ2v) is 5.44. The molecule has 0 aliphatic carbocycles. The lowest BCUT2D eigenvalue weighted by Gasteiger charge is -2.13. The molecule has 0 fully saturated rings. The van der Waals surface area contributed by atoms with Crippen molar-refractivity contribution in [1.29, 1.82) is 0 Å². The summed E-state index contributed by atoms with van der Waals surface area (Å²) in [6.45, 7) is 2.92. The highest BCUT2D eigenvalue weighted by Gasteiger charge is 2.05. The first-order valence-electron chi connectivity index (χ1n) is 7.18. The van der Waals surface area contributed by atoms with E-state index in [1.165, 1.54) is 11.1 Å². The quantitative estimate of drug-likeness (QED) is 0.731. The van der Waals surface area contributed by atoms with E-state index in [2.05, 4.69) is 68.1 Å². The molecule has 0 aromatic heterocycles. The van der Waals surface area contributed by atoms with E-state index in [4.69, 9.17) is 4.74 Å². The monoisotopic (exact) mass is 286 g/mol. The fraction of sp³-hybridized carbons (Fsp3) is 0.333. The van der Waals surface area contributed by atoms with Crippen LogP contribution in [0.3, 0.4) is 0 Å². The number of hydrogen-bond donors (Lipinski definition) is 1. The molecule has 0 aliphatic heterocycles. The Kier molecular flexibility index (Phi) is 6.00. The van der Waals surface area contributed by atoms with Crippen molar-refractivity contribution < 1.29 is 4.74 Å². The molecule has 0 bridgehead atoms. The molecule has 0 N–H and O–H groups in total. The maximum atomic E-state index is 5.81. The Balaban J connectivity index is 1.90. The smallest absolute Gasteiger partial charge is 0.119 e. The van der Waals surface area contributed by atoms with Gasteiger partial charge in [-0.25, -0.2) is 0 Å². The minimum absolute atomic E-state index is 0.530. The zero-order valence-corrected chi connectivity index (χ0v) is 12.9. The average molecular weight is 286 g/mol. The number of ether oxygens (including phenoxy) is 1. The normalized spacial score (nSPS) is 12.1. The minimum Gasteiger partial charge on any atom is -0.493 e. The van der Waals surface area contributed by atoms with Crippen molar-refractivity contribution in [2.24, 2.45) is 5.92 Å². The number of benzene rings is 2. The second kappa shape index (κ2) is 8.01. The Hall–Kier alpha value is -1.41. The molecule has 2 heteroatoms. The Morgan fingerprint density at radius 1 is 0.950 bits per heavy atom. The van der Waals surface area contributed by atoms with E-state index < -0.39 is 0 Å². The van der Waals surface area contributed by atoms with Crippen LogP contribution in [0.25, 0.3) is 0 Å². The molecule has 0 saturated heterocycles. The van der Waals surface area contributed by atoms with E-state index in [1.54, 1.807) is 0 Å². The van der Waals surface area contributed by atoms with Crippen LogP contribution in [-0.2, 0) is 6.42 Å². The molecular weight excluding hydrogens is 264 g/mol. The predicted octanol–water partition coefficient (Wildman–Crippen LogP) is 4.61. The van der Waals surface area contributed by atoms with Crippen molar-refractivity contribution in [2.45, 2.75) is 19.8 Å². The van der Waals surface area contributed by atoms with Crippen LogP contribution in [0, 0.1) is 5.92 Å². The van der Waals surface area contributed by atoms with Gasteiger partial charge in [0.25, 0.3) is 0 Å². The summed E-state index contributed by atoms with van der Waals surface area (Å²) in [6, 6.07) is 18.9. The lowest BCUT2D eigenvalue weighted by Crippen LogP contribution is -2.12. The molecule has 1 nitrogen and oxygen atoms in total. The van der Waals surface area contributed by atoms with Gasteiger partial charge >= 0.3 is 0 Å². The van der Waals surface area contributed by atoms with Crippen LogP contribution >= 0.6 is 12.6 Å². The van der Waals surface area contributed by atoms with Gasteiger partial charge in [0.15, 0.2) is 0 Å². The zero-order valence-electron chi connectivity index (χ0n) is 12.0. The van der Waals surface area contributed by atoms with Crippen LogP contribution < -0.4 is 4.74 Å². The molecule has 0 amide bonds. The van der Waals surface area contributed by atoms with Gasteiger partial charge in [0.1, 0.15) is 5.75 Å². The standard InChI is InChI=1S/C18H22OS/c1-2-15(14-20)13-19-18-10-8-17(9-11-18)12-16-6-4-3-5-7-16/h3-11,15,20H,2,12-14H2,1H3. The number of rotatable bonds is 7. The largest absolute Gasteiger partial charge is 0.493 e. The first-order valence-corrected chi connectivity index (χ1v) is 7.81. The highest BCUT2D eigenvalue weighted by Crippen LogP contribution is 2.17. The first-order chi connectivity index (χ1) is 9.81. The van der Waals surface area contributed by atoms with Crippen molar-refractivity contribution in [3.8, 4) is 5.75 Å². The van der Waals surface area contributed by atoms with Gasteiger partial charge in [-0.1, -0.05) is 49.4 Å². The summed E-state index contributed by atoms with van der Waals surface area (Å²) in [6.07, 6.45) is 2.07. The van der Waals surface area contributed by atoms with Crippen LogP contribution in [0.2, 0.25) is 0 Å². The van der Waals surface area contributed by atoms with Gasteiger partial charge in [-0.15, -0.1) is 0 Å². The van der Waals surface area contributed by atoms with Crippen molar-refractivity contribution in [3.63, 3.8) is 0 Å². The SMILES string of the molecule is CCC(CS)COc1ccc(Cc2ccccc2)cc1. The molecule has 0 aliphatic rings. The van der Waals surface area contributed by atoms with Gasteiger partial charge in [0, 0.05) is 5.92 Å². The molecule has 0 saturated carbocycles. The lowest BCUT2D eigenvalue weighted by atomic mass is 10.1. The van der Waals surface area contributed by atoms with Crippen molar-refractivity contribution in [2.75, 3.05) is 12.4 Å². The Morgan fingerprint density at radius 2 is 1.60 bits per heavy atom. The van der Waals surface area contributed by atoms with Gasteiger partial charge in [-0.2, -0.15) is 12.6 Å². The van der Waals surface area contributed by atoms with E-state index in [0.717, 1.165) is 31.0 Å². The van der Waals surface area contributed by atoms with E-state index in [0.29, 0.717) is 5.92 Å². The first kappa shape index (κ1) is 15.0. The third kappa shape index (κ3) is 4.61. The third-order valence-electron chi connectivity index (χ3n) is 3.50. The van der Waals surface area contributed by atoms with Crippen molar-refractivity contribution in [3.05, 3.63) is 65.7 Å². The third-order valence-corrected chi connectivity index (χ3v) is 4.01. The van der Waals surface area contributed by atoms with Crippen LogP contribution in [0.1, 0.15) is 24.5 Å². The summed E-state index contributed by atoms with van der Waals surface area (Å²) < 4.78 is 5.81. The zero-order chi connectivity index (χ0) is 14.2. The van der Waals surface area contributed by atoms with Crippen LogP contribution in [-0.4, -0.2) is 12.4 Å². The van der Waals surface area contributed by atoms with Crippen LogP contribution in [0.15, 0.2) is 54.6 Å². The Bertz CT molecular complexity index is 489. The fourth-order valence-electron chi connectivity index (χ4n) is 2.05. The molecule has 0 spiro atoms. The molecule has 1 unspecified atom stereocenters. The topological polar surface area (TPSA) is 9.23 Å². The van der Waals surface area contributed by atoms with Crippen LogP contribution in [0.4, 0.5) is 0 Å². The maximum absolute atomic E-state index is 5.81. The lowest BCUT2D eigenvalue weighted by molar-refractivity contribution is 0.259. The highest BCUT2D eigenvalue weighted by molar-refractivity contribution is 7.80. The van der Waals surface area contributed by atoms with E-state index in [9.17, 15) is 0 Å². The summed E-state index contributed by atoms with van der Waals surface area (Å²) in [5, 5.41) is 0. The Labute approximate surface area is 127 Å². The minimum atomic E-state index is 0.530. The summed E-state index contributed by atoms with van der Waals surface area (Å²) in [5.74, 6) is 2.35. The van der Waals surface area contributed by atoms with E-state index in [1.807, 2.05) is 6.07 Å². The fourth-order valence-corrected chi connectivity index (χ4v) is 2.41. The number of thiol groups is 1. The molecule has 20 heavy (non-hydrogen) atoms. The van der Waals surface area contributed by atoms with Gasteiger partial charge < -0.3 is 4.74 Å². The molecule has 0 radical (unpaired) electrons. The molecule has 2 aromatic rings. The van der Waals surface area contributed by atoms with Gasteiger partial charge in [0.2, 0.25) is 0 Å². The van der Waals surface area contributed by atoms with Crippen LogP contribution in [0.5, 0.6) is 5.75 Å². The molecule has 106 valence electrons. The van der Waals surface area contributed by atoms with Crippen molar-refractivity contribution in [1.82, 2.24) is 0 Å². The molecule has 2 aromatic carbocycles. The average Bonchev–Trinajstić information content (AvgIpc) is 2.51. The highest BCUT2D eigenvalue weighted by atomic mass is 32.1. The summed E-state index contributed by atoms with van der Waals surface area (Å²) in [7, 11) is 0. The second-order valence-electron chi connectivity index (χ2n) is 5.07. The van der Waals surface area contributed by atoms with Gasteiger partial charge in [-0.3, -0.25) is 0 Å². The van der Waals surface area contributed by atoms with E-state index in [-0.39, 0.29) is 0 Å². The van der Waals surface area contributed by atoms with E-state index >= 15 is 0 Å². The molecular formula is C18H22OS. The van der Waals surface area contributed by atoms with Gasteiger partial charge in [0.05, 0.1) is 6.61 Å². The number of hydrogen-bond acceptors (Lipinski definition) is 2. The molecule has 1 atom stereocenters. The summed E-state index contributed by atoms with van der Waals surface area (Å²) in [4.78, 5) is 0. The summed E-state index contributed by atoms with van der Waals surface area (Å²) in [5.41, 5.74) is 2.65. The molecule has 0 heterocycles. The summed E-state index contributed by atoms with van der Waals surface area (Å²) >= 11 is 4.33.